The molecule has 70 heavy (non-hydrogen) atoms. The molecule has 0 saturated carbocycles. The quantitative estimate of drug-likeness (QED) is 0.162. The Kier molecular flexibility index (Phi) is 8.29. The van der Waals surface area contributed by atoms with Gasteiger partial charge in [0.25, 0.3) is 0 Å². The van der Waals surface area contributed by atoms with E-state index >= 15 is 0 Å². The van der Waals surface area contributed by atoms with Gasteiger partial charge in [-0.1, -0.05) is 164 Å². The van der Waals surface area contributed by atoms with Gasteiger partial charge in [0.05, 0.1) is 59.7 Å². The number of hydrogen-bond donors (Lipinski definition) is 0. The molecule has 10 aromatic carbocycles. The van der Waals surface area contributed by atoms with E-state index in [2.05, 4.69) is 198 Å². The topological polar surface area (TPSA) is 38.0 Å². The first kappa shape index (κ1) is 39.4. The number of aromatic nitrogens is 2. The van der Waals surface area contributed by atoms with Crippen LogP contribution in [0.5, 0.6) is 0 Å². The molecule has 7 heteroatoms. The normalized spacial score (nSPS) is 12.0. The molecule has 0 spiro atoms. The highest BCUT2D eigenvalue weighted by Gasteiger charge is 2.33. The summed E-state index contributed by atoms with van der Waals surface area (Å²) >= 11 is 5.40. The molecule has 0 saturated heterocycles. The maximum atomic E-state index is 12.3. The lowest BCUT2D eigenvalue weighted by Gasteiger charge is -2.26. The summed E-state index contributed by atoms with van der Waals surface area (Å²) in [5.74, 6) is 0. The van der Waals surface area contributed by atoms with E-state index in [-0.39, 0.29) is 0 Å². The Balaban J connectivity index is 1.24. The van der Waals surface area contributed by atoms with Crippen LogP contribution in [0, 0.1) is 24.8 Å². The summed E-state index contributed by atoms with van der Waals surface area (Å²) in [7, 11) is 0. The number of benzene rings is 10. The Morgan fingerprint density at radius 2 is 0.871 bits per heavy atom. The maximum absolute atomic E-state index is 12.3. The van der Waals surface area contributed by atoms with Gasteiger partial charge in [0.2, 0.25) is 5.69 Å². The van der Waals surface area contributed by atoms with Crippen LogP contribution >= 0.6 is 34.0 Å². The van der Waals surface area contributed by atoms with Crippen molar-refractivity contribution in [1.29, 1.82) is 5.26 Å². The first-order chi connectivity index (χ1) is 34.6. The van der Waals surface area contributed by atoms with Crippen molar-refractivity contribution in [2.45, 2.75) is 6.92 Å². The van der Waals surface area contributed by atoms with E-state index in [1.807, 2.05) is 34.8 Å². The molecule has 4 nitrogen and oxygen atoms in total. The molecule has 0 amide bonds. The van der Waals surface area contributed by atoms with Crippen molar-refractivity contribution in [2.24, 2.45) is 0 Å². The van der Waals surface area contributed by atoms with Crippen molar-refractivity contribution < 1.29 is 0 Å². The number of hydrogen-bond acceptors (Lipinski definition) is 4. The third-order valence-electron chi connectivity index (χ3n) is 14.5. The minimum atomic E-state index is 0.429. The fraction of sp³-hybridized carbons (Fsp3) is 0.0159. The number of thiophene rings is 3. The third kappa shape index (κ3) is 5.21. The summed E-state index contributed by atoms with van der Waals surface area (Å²) in [6.45, 7) is 11.8. The number of nitriles is 1. The molecule has 0 aliphatic carbocycles. The standard InChI is InChI=1S/C63H34N4S3/c1-35-16-15-24-48-52(35)46-33-32-45-40-23-11-14-27-51(40)70-63(45)59(46)66(48)56-47(34-64)53(36-17-5-3-6-18-36)60(54(55(56)65-2)37-19-7-4-8-20-37)67-57-41(28-30-43-38-21-9-12-25-49(38)68-61(43)57)42-29-31-44-39-22-10-13-26-50(39)69-62(44)58(42)67/h3-33H,1H3. The highest BCUT2D eigenvalue weighted by molar-refractivity contribution is 7.27. The van der Waals surface area contributed by atoms with Crippen molar-refractivity contribution in [3.63, 3.8) is 0 Å². The first-order valence-corrected chi connectivity index (χ1v) is 25.7. The molecule has 0 atom stereocenters. The SMILES string of the molecule is [C-]#[N+]c1c(-c2ccccc2)c(-n2c3c(ccc4c5ccccc5sc43)c3ccc4c5ccccc5sc4c32)c(-c2ccccc2)c(C#N)c1-n1c2cccc(C)c2c2ccc3c4ccccc4sc3c21. The van der Waals surface area contributed by atoms with Gasteiger partial charge in [-0.05, 0) is 47.9 Å². The first-order valence-electron chi connectivity index (χ1n) is 23.3. The molecule has 0 aliphatic rings. The van der Waals surface area contributed by atoms with Gasteiger partial charge in [-0.25, -0.2) is 4.85 Å². The van der Waals surface area contributed by atoms with Gasteiger partial charge in [0, 0.05) is 79.1 Å². The van der Waals surface area contributed by atoms with Crippen LogP contribution in [0.4, 0.5) is 5.69 Å². The second-order valence-corrected chi connectivity index (χ2v) is 21.2. The van der Waals surface area contributed by atoms with Crippen molar-refractivity contribution >= 4 is 144 Å². The van der Waals surface area contributed by atoms with Gasteiger partial charge in [-0.15, -0.1) is 34.0 Å². The van der Waals surface area contributed by atoms with Crippen LogP contribution in [-0.4, -0.2) is 9.13 Å². The average Bonchev–Trinajstić information content (AvgIpc) is 4.23. The second-order valence-electron chi connectivity index (χ2n) is 18.1. The van der Waals surface area contributed by atoms with Crippen LogP contribution < -0.4 is 0 Å². The Morgan fingerprint density at radius 3 is 1.37 bits per heavy atom. The van der Waals surface area contributed by atoms with Gasteiger partial charge < -0.3 is 9.13 Å². The summed E-state index contributed by atoms with van der Waals surface area (Å²) in [6.07, 6.45) is 0. The van der Waals surface area contributed by atoms with E-state index < -0.39 is 0 Å². The predicted molar refractivity (Wildman–Crippen MR) is 300 cm³/mol. The minimum Gasteiger partial charge on any atom is -0.316 e. The summed E-state index contributed by atoms with van der Waals surface area (Å²) in [6, 6.07) is 69.8. The van der Waals surface area contributed by atoms with E-state index in [1.165, 1.54) is 50.4 Å². The molecular weight excluding hydrogens is 909 g/mol. The van der Waals surface area contributed by atoms with Crippen molar-refractivity contribution in [1.82, 2.24) is 9.13 Å². The number of aryl methyl sites for hydroxylation is 1. The maximum Gasteiger partial charge on any atom is 0.221 e. The fourth-order valence-corrected chi connectivity index (χ4v) is 15.4. The highest BCUT2D eigenvalue weighted by Crippen LogP contribution is 2.55. The lowest BCUT2D eigenvalue weighted by molar-refractivity contribution is 1.15. The van der Waals surface area contributed by atoms with Crippen molar-refractivity contribution in [2.75, 3.05) is 0 Å². The van der Waals surface area contributed by atoms with E-state index in [0.717, 1.165) is 87.2 Å². The molecular formula is C63H34N4S3. The van der Waals surface area contributed by atoms with E-state index in [0.29, 0.717) is 16.9 Å². The third-order valence-corrected chi connectivity index (χ3v) is 18.1. The van der Waals surface area contributed by atoms with E-state index in [1.54, 1.807) is 11.3 Å². The molecule has 0 aliphatic heterocycles. The summed E-state index contributed by atoms with van der Waals surface area (Å²) in [5, 5.41) is 23.9. The lowest BCUT2D eigenvalue weighted by Crippen LogP contribution is -2.08. The second kappa shape index (κ2) is 14.7. The molecule has 15 aromatic rings. The minimum absolute atomic E-state index is 0.429. The molecule has 0 unspecified atom stereocenters. The van der Waals surface area contributed by atoms with Gasteiger partial charge >= 0.3 is 0 Å². The van der Waals surface area contributed by atoms with Crippen LogP contribution in [0.15, 0.2) is 188 Å². The molecule has 15 rings (SSSR count). The van der Waals surface area contributed by atoms with Gasteiger partial charge in [0.15, 0.2) is 0 Å². The molecule has 0 fully saturated rings. The summed E-state index contributed by atoms with van der Waals surface area (Å²) in [4.78, 5) is 4.70. The predicted octanol–water partition coefficient (Wildman–Crippen LogP) is 19.0. The molecule has 5 heterocycles. The zero-order valence-corrected chi connectivity index (χ0v) is 39.9. The summed E-state index contributed by atoms with van der Waals surface area (Å²) < 4.78 is 11.8. The Labute approximate surface area is 412 Å². The Morgan fingerprint density at radius 1 is 0.429 bits per heavy atom. The highest BCUT2D eigenvalue weighted by atomic mass is 32.1. The number of fused-ring (bicyclic) bond motifs is 18. The van der Waals surface area contributed by atoms with Gasteiger partial charge in [-0.2, -0.15) is 5.26 Å². The van der Waals surface area contributed by atoms with Crippen molar-refractivity contribution in [3.05, 3.63) is 211 Å². The monoisotopic (exact) mass is 942 g/mol. The number of nitrogens with zero attached hydrogens (tertiary/aromatic N) is 4. The largest absolute Gasteiger partial charge is 0.316 e. The zero-order valence-electron chi connectivity index (χ0n) is 37.4. The fourth-order valence-electron chi connectivity index (χ4n) is 11.6. The Hall–Kier alpha value is -8.56. The van der Waals surface area contributed by atoms with Crippen LogP contribution in [0.25, 0.3) is 143 Å². The van der Waals surface area contributed by atoms with E-state index in [9.17, 15) is 11.8 Å². The smallest absolute Gasteiger partial charge is 0.221 e. The Bertz CT molecular complexity index is 4650. The van der Waals surface area contributed by atoms with Gasteiger partial charge in [0.1, 0.15) is 6.07 Å². The average molecular weight is 943 g/mol. The van der Waals surface area contributed by atoms with E-state index in [4.69, 9.17) is 4.85 Å². The van der Waals surface area contributed by atoms with Crippen LogP contribution in [0.3, 0.4) is 0 Å². The molecule has 5 aromatic heterocycles. The number of rotatable bonds is 4. The zero-order chi connectivity index (χ0) is 46.4. The molecule has 0 bridgehead atoms. The van der Waals surface area contributed by atoms with Crippen LogP contribution in [0.1, 0.15) is 11.1 Å². The van der Waals surface area contributed by atoms with Crippen molar-refractivity contribution in [3.8, 4) is 39.7 Å². The summed E-state index contributed by atoms with van der Waals surface area (Å²) in [5.41, 5.74) is 10.9. The van der Waals surface area contributed by atoms with Gasteiger partial charge in [-0.3, -0.25) is 0 Å². The van der Waals surface area contributed by atoms with Crippen LogP contribution in [-0.2, 0) is 0 Å². The van der Waals surface area contributed by atoms with Crippen LogP contribution in [0.2, 0.25) is 0 Å². The molecule has 0 N–H and O–H groups in total. The lowest BCUT2D eigenvalue weighted by atomic mass is 9.88. The molecule has 324 valence electrons. The molecule has 0 radical (unpaired) electrons.